The number of aryl methyl sites for hydroxylation is 2. The van der Waals surface area contributed by atoms with Crippen LogP contribution in [0.15, 0.2) is 24.0 Å². The van der Waals surface area contributed by atoms with Crippen LogP contribution >= 0.6 is 11.3 Å². The van der Waals surface area contributed by atoms with Crippen LogP contribution in [0.1, 0.15) is 42.3 Å². The summed E-state index contributed by atoms with van der Waals surface area (Å²) in [6.45, 7) is 0.857. The van der Waals surface area contributed by atoms with Crippen molar-refractivity contribution < 1.29 is 4.79 Å². The number of carbonyl (C=O) groups excluding carboxylic acids is 1. The first-order valence-corrected chi connectivity index (χ1v) is 8.28. The molecule has 0 saturated carbocycles. The molecule has 1 fully saturated rings. The molecule has 2 aromatic rings. The van der Waals surface area contributed by atoms with Gasteiger partial charge in [0.1, 0.15) is 5.01 Å². The summed E-state index contributed by atoms with van der Waals surface area (Å²) in [6.07, 6.45) is 10.3. The SMILES string of the molecule is Cn1cc(CCC(=O)N2CCCCC2c2nccs2)cn1. The Bertz CT molecular complexity index is 593. The maximum atomic E-state index is 12.6. The normalized spacial score (nSPS) is 18.9. The molecule has 0 N–H and O–H groups in total. The topological polar surface area (TPSA) is 51.0 Å². The first kappa shape index (κ1) is 14.3. The van der Waals surface area contributed by atoms with Crippen molar-refractivity contribution in [3.05, 3.63) is 34.5 Å². The molecule has 3 heterocycles. The van der Waals surface area contributed by atoms with Gasteiger partial charge in [0.2, 0.25) is 5.91 Å². The number of nitrogens with zero attached hydrogens (tertiary/aromatic N) is 4. The molecule has 1 aliphatic rings. The van der Waals surface area contributed by atoms with Crippen LogP contribution in [0, 0.1) is 0 Å². The Morgan fingerprint density at radius 3 is 3.10 bits per heavy atom. The Morgan fingerprint density at radius 1 is 1.48 bits per heavy atom. The Hall–Kier alpha value is -1.69. The lowest BCUT2D eigenvalue weighted by atomic mass is 10.0. The van der Waals surface area contributed by atoms with E-state index in [0.29, 0.717) is 6.42 Å². The van der Waals surface area contributed by atoms with E-state index in [2.05, 4.69) is 10.1 Å². The minimum atomic E-state index is 0.181. The standard InChI is InChI=1S/C15H20N4OS/c1-18-11-12(10-17-18)5-6-14(20)19-8-3-2-4-13(19)15-16-7-9-21-15/h7,9-11,13H,2-6,8H2,1H3. The number of rotatable bonds is 4. The highest BCUT2D eigenvalue weighted by Crippen LogP contribution is 2.32. The van der Waals surface area contributed by atoms with E-state index < -0.39 is 0 Å². The maximum Gasteiger partial charge on any atom is 0.223 e. The second-order valence-corrected chi connectivity index (χ2v) is 6.42. The first-order valence-electron chi connectivity index (χ1n) is 7.40. The van der Waals surface area contributed by atoms with Gasteiger partial charge in [0.05, 0.1) is 12.2 Å². The highest BCUT2D eigenvalue weighted by atomic mass is 32.1. The third-order valence-electron chi connectivity index (χ3n) is 3.95. The van der Waals surface area contributed by atoms with Gasteiger partial charge in [0.15, 0.2) is 0 Å². The first-order chi connectivity index (χ1) is 10.2. The van der Waals surface area contributed by atoms with Crippen molar-refractivity contribution in [1.29, 1.82) is 0 Å². The molecule has 0 bridgehead atoms. The summed E-state index contributed by atoms with van der Waals surface area (Å²) in [4.78, 5) is 19.0. The van der Waals surface area contributed by atoms with Crippen LogP contribution in [0.3, 0.4) is 0 Å². The Morgan fingerprint density at radius 2 is 2.38 bits per heavy atom. The zero-order valence-electron chi connectivity index (χ0n) is 12.2. The number of thiazole rings is 1. The summed E-state index contributed by atoms with van der Waals surface area (Å²) >= 11 is 1.65. The van der Waals surface area contributed by atoms with Gasteiger partial charge in [-0.05, 0) is 31.2 Å². The van der Waals surface area contributed by atoms with Crippen molar-refractivity contribution in [1.82, 2.24) is 19.7 Å². The fourth-order valence-electron chi connectivity index (χ4n) is 2.88. The van der Waals surface area contributed by atoms with Gasteiger partial charge in [0.25, 0.3) is 0 Å². The molecule has 2 aromatic heterocycles. The number of hydrogen-bond acceptors (Lipinski definition) is 4. The summed E-state index contributed by atoms with van der Waals surface area (Å²) in [5.41, 5.74) is 1.12. The molecule has 0 spiro atoms. The largest absolute Gasteiger partial charge is 0.333 e. The molecule has 6 heteroatoms. The van der Waals surface area contributed by atoms with Gasteiger partial charge in [-0.25, -0.2) is 4.98 Å². The smallest absolute Gasteiger partial charge is 0.223 e. The minimum absolute atomic E-state index is 0.181. The average molecular weight is 304 g/mol. The van der Waals surface area contributed by atoms with Gasteiger partial charge >= 0.3 is 0 Å². The van der Waals surface area contributed by atoms with Crippen LogP contribution in [0.25, 0.3) is 0 Å². The summed E-state index contributed by atoms with van der Waals surface area (Å²) < 4.78 is 1.78. The summed E-state index contributed by atoms with van der Waals surface area (Å²) in [5.74, 6) is 0.235. The number of hydrogen-bond donors (Lipinski definition) is 0. The average Bonchev–Trinajstić information content (AvgIpc) is 3.16. The minimum Gasteiger partial charge on any atom is -0.333 e. The molecule has 0 aliphatic carbocycles. The van der Waals surface area contributed by atoms with Crippen molar-refractivity contribution in [3.8, 4) is 0 Å². The van der Waals surface area contributed by atoms with E-state index in [0.717, 1.165) is 36.4 Å². The monoisotopic (exact) mass is 304 g/mol. The third-order valence-corrected chi connectivity index (χ3v) is 4.82. The summed E-state index contributed by atoms with van der Waals surface area (Å²) in [6, 6.07) is 0.181. The van der Waals surface area contributed by atoms with Gasteiger partial charge in [-0.3, -0.25) is 9.48 Å². The molecular weight excluding hydrogens is 284 g/mol. The molecule has 1 aliphatic heterocycles. The van der Waals surface area contributed by atoms with Gasteiger partial charge in [-0.15, -0.1) is 11.3 Å². The highest BCUT2D eigenvalue weighted by Gasteiger charge is 2.29. The molecule has 1 atom stereocenters. The lowest BCUT2D eigenvalue weighted by Crippen LogP contribution is -2.38. The van der Waals surface area contributed by atoms with E-state index in [1.807, 2.05) is 35.9 Å². The Labute approximate surface area is 128 Å². The molecule has 0 radical (unpaired) electrons. The molecule has 112 valence electrons. The lowest BCUT2D eigenvalue weighted by molar-refractivity contribution is -0.135. The van der Waals surface area contributed by atoms with Crippen molar-refractivity contribution in [2.24, 2.45) is 7.05 Å². The van der Waals surface area contributed by atoms with E-state index in [9.17, 15) is 4.79 Å². The lowest BCUT2D eigenvalue weighted by Gasteiger charge is -2.34. The van der Waals surface area contributed by atoms with Crippen LogP contribution < -0.4 is 0 Å². The van der Waals surface area contributed by atoms with Crippen molar-refractivity contribution in [2.45, 2.75) is 38.1 Å². The number of carbonyl (C=O) groups is 1. The van der Waals surface area contributed by atoms with E-state index >= 15 is 0 Å². The fraction of sp³-hybridized carbons (Fsp3) is 0.533. The number of piperidine rings is 1. The second-order valence-electron chi connectivity index (χ2n) is 5.49. The summed E-state index contributed by atoms with van der Waals surface area (Å²) in [5, 5.41) is 7.21. The van der Waals surface area contributed by atoms with E-state index in [1.54, 1.807) is 16.0 Å². The Kier molecular flexibility index (Phi) is 4.34. The third kappa shape index (κ3) is 3.32. The molecule has 21 heavy (non-hydrogen) atoms. The number of aromatic nitrogens is 3. The quantitative estimate of drug-likeness (QED) is 0.872. The van der Waals surface area contributed by atoms with E-state index in [1.165, 1.54) is 6.42 Å². The summed E-state index contributed by atoms with van der Waals surface area (Å²) in [7, 11) is 1.90. The molecule has 1 saturated heterocycles. The molecule has 5 nitrogen and oxygen atoms in total. The zero-order chi connectivity index (χ0) is 14.7. The zero-order valence-corrected chi connectivity index (χ0v) is 13.1. The van der Waals surface area contributed by atoms with Crippen molar-refractivity contribution in [2.75, 3.05) is 6.54 Å². The van der Waals surface area contributed by atoms with E-state index in [-0.39, 0.29) is 11.9 Å². The van der Waals surface area contributed by atoms with Gasteiger partial charge in [0, 0.05) is 37.8 Å². The Balaban J connectivity index is 1.64. The van der Waals surface area contributed by atoms with Crippen LogP contribution in [0.5, 0.6) is 0 Å². The second kappa shape index (κ2) is 6.39. The number of amides is 1. The van der Waals surface area contributed by atoms with E-state index in [4.69, 9.17) is 0 Å². The van der Waals surface area contributed by atoms with Gasteiger partial charge < -0.3 is 4.90 Å². The van der Waals surface area contributed by atoms with Crippen molar-refractivity contribution in [3.63, 3.8) is 0 Å². The molecule has 3 rings (SSSR count). The maximum absolute atomic E-state index is 12.6. The molecule has 1 unspecified atom stereocenters. The predicted octanol–water partition coefficient (Wildman–Crippen LogP) is 2.56. The van der Waals surface area contributed by atoms with Crippen LogP contribution in [0.2, 0.25) is 0 Å². The van der Waals surface area contributed by atoms with Gasteiger partial charge in [-0.1, -0.05) is 0 Å². The molecule has 0 aromatic carbocycles. The van der Waals surface area contributed by atoms with Crippen LogP contribution in [-0.4, -0.2) is 32.1 Å². The molecule has 1 amide bonds. The van der Waals surface area contributed by atoms with Crippen molar-refractivity contribution >= 4 is 17.2 Å². The van der Waals surface area contributed by atoms with Gasteiger partial charge in [-0.2, -0.15) is 5.10 Å². The van der Waals surface area contributed by atoms with Crippen LogP contribution in [0.4, 0.5) is 0 Å². The van der Waals surface area contributed by atoms with Crippen LogP contribution in [-0.2, 0) is 18.3 Å². The fourth-order valence-corrected chi connectivity index (χ4v) is 3.67. The predicted molar refractivity (Wildman–Crippen MR) is 81.9 cm³/mol. The number of likely N-dealkylation sites (tertiary alicyclic amines) is 1. The molecular formula is C15H20N4OS. The highest BCUT2D eigenvalue weighted by molar-refractivity contribution is 7.09.